The van der Waals surface area contributed by atoms with Gasteiger partial charge in [0.2, 0.25) is 5.91 Å². The van der Waals surface area contributed by atoms with E-state index < -0.39 is 0 Å². The van der Waals surface area contributed by atoms with Gasteiger partial charge in [0.25, 0.3) is 0 Å². The summed E-state index contributed by atoms with van der Waals surface area (Å²) in [5.74, 6) is 1.77. The van der Waals surface area contributed by atoms with Gasteiger partial charge in [-0.2, -0.15) is 0 Å². The summed E-state index contributed by atoms with van der Waals surface area (Å²) in [5.41, 5.74) is 7.05. The number of methoxy groups -OCH3 is 1. The number of nitrogens with one attached hydrogen (secondary N) is 1. The van der Waals surface area contributed by atoms with E-state index in [9.17, 15) is 4.79 Å². The number of halogens is 1. The van der Waals surface area contributed by atoms with Gasteiger partial charge in [0.1, 0.15) is 0 Å². The molecule has 0 aliphatic heterocycles. The molecule has 25 heavy (non-hydrogen) atoms. The predicted molar refractivity (Wildman–Crippen MR) is 102 cm³/mol. The van der Waals surface area contributed by atoms with Crippen LogP contribution in [0.1, 0.15) is 58.1 Å². The van der Waals surface area contributed by atoms with Crippen LogP contribution < -0.4 is 20.5 Å². The highest BCUT2D eigenvalue weighted by molar-refractivity contribution is 5.85. The van der Waals surface area contributed by atoms with E-state index in [0.29, 0.717) is 23.8 Å². The second-order valence-corrected chi connectivity index (χ2v) is 6.93. The van der Waals surface area contributed by atoms with Gasteiger partial charge in [-0.05, 0) is 57.2 Å². The van der Waals surface area contributed by atoms with E-state index in [1.165, 1.54) is 0 Å². The van der Waals surface area contributed by atoms with E-state index in [1.54, 1.807) is 7.11 Å². The van der Waals surface area contributed by atoms with Gasteiger partial charge in [0, 0.05) is 12.5 Å². The summed E-state index contributed by atoms with van der Waals surface area (Å²) in [4.78, 5) is 12.3. The SMILES string of the molecule is COc1cc(C(C)NC(=O)C[C@@H]2CCC[C@H]2N)ccc1OC(C)C.Cl. The maximum Gasteiger partial charge on any atom is 0.220 e. The summed E-state index contributed by atoms with van der Waals surface area (Å²) in [6.45, 7) is 5.93. The van der Waals surface area contributed by atoms with E-state index in [2.05, 4.69) is 5.32 Å². The molecule has 0 spiro atoms. The average Bonchev–Trinajstić information content (AvgIpc) is 2.92. The first-order valence-electron chi connectivity index (χ1n) is 8.80. The molecule has 0 heterocycles. The lowest BCUT2D eigenvalue weighted by molar-refractivity contribution is -0.122. The molecule has 6 heteroatoms. The van der Waals surface area contributed by atoms with Crippen LogP contribution in [0, 0.1) is 5.92 Å². The third-order valence-electron chi connectivity index (χ3n) is 4.59. The number of hydrogen-bond acceptors (Lipinski definition) is 4. The lowest BCUT2D eigenvalue weighted by atomic mass is 9.99. The normalized spacial score (nSPS) is 20.7. The van der Waals surface area contributed by atoms with Crippen LogP contribution in [0.5, 0.6) is 11.5 Å². The summed E-state index contributed by atoms with van der Waals surface area (Å²) in [7, 11) is 1.62. The first-order chi connectivity index (χ1) is 11.4. The molecule has 5 nitrogen and oxygen atoms in total. The minimum absolute atomic E-state index is 0. The van der Waals surface area contributed by atoms with Gasteiger partial charge in [-0.3, -0.25) is 4.79 Å². The molecule has 2 rings (SSSR count). The summed E-state index contributed by atoms with van der Waals surface area (Å²) in [6, 6.07) is 5.86. The largest absolute Gasteiger partial charge is 0.493 e. The topological polar surface area (TPSA) is 73.6 Å². The number of benzene rings is 1. The molecule has 0 bridgehead atoms. The van der Waals surface area contributed by atoms with E-state index in [-0.39, 0.29) is 36.5 Å². The van der Waals surface area contributed by atoms with Crippen molar-refractivity contribution < 1.29 is 14.3 Å². The van der Waals surface area contributed by atoms with E-state index >= 15 is 0 Å². The van der Waals surface area contributed by atoms with Gasteiger partial charge in [0.05, 0.1) is 19.3 Å². The van der Waals surface area contributed by atoms with Crippen molar-refractivity contribution in [1.82, 2.24) is 5.32 Å². The van der Waals surface area contributed by atoms with Crippen molar-refractivity contribution in [2.75, 3.05) is 7.11 Å². The number of carbonyl (C=O) groups is 1. The Morgan fingerprint density at radius 3 is 2.56 bits per heavy atom. The highest BCUT2D eigenvalue weighted by Crippen LogP contribution is 2.31. The molecule has 3 atom stereocenters. The summed E-state index contributed by atoms with van der Waals surface area (Å²) in [5, 5.41) is 3.06. The maximum absolute atomic E-state index is 12.3. The first kappa shape index (κ1) is 21.6. The Kier molecular flexibility index (Phi) is 8.53. The minimum Gasteiger partial charge on any atom is -0.493 e. The fourth-order valence-electron chi connectivity index (χ4n) is 3.25. The lowest BCUT2D eigenvalue weighted by Gasteiger charge is -2.20. The zero-order valence-electron chi connectivity index (χ0n) is 15.6. The van der Waals surface area contributed by atoms with Gasteiger partial charge in [0.15, 0.2) is 11.5 Å². The lowest BCUT2D eigenvalue weighted by Crippen LogP contribution is -2.32. The van der Waals surface area contributed by atoms with E-state index in [0.717, 1.165) is 24.8 Å². The Balaban J connectivity index is 0.00000312. The van der Waals surface area contributed by atoms with Crippen molar-refractivity contribution >= 4 is 18.3 Å². The number of hydrogen-bond donors (Lipinski definition) is 2. The predicted octanol–water partition coefficient (Wildman–Crippen LogP) is 3.60. The third-order valence-corrected chi connectivity index (χ3v) is 4.59. The molecule has 0 aromatic heterocycles. The maximum atomic E-state index is 12.3. The summed E-state index contributed by atoms with van der Waals surface area (Å²) in [6.07, 6.45) is 3.80. The highest BCUT2D eigenvalue weighted by atomic mass is 35.5. The van der Waals surface area contributed by atoms with Crippen LogP contribution in [-0.4, -0.2) is 25.2 Å². The van der Waals surface area contributed by atoms with Gasteiger partial charge < -0.3 is 20.5 Å². The zero-order chi connectivity index (χ0) is 17.7. The number of carbonyl (C=O) groups excluding carboxylic acids is 1. The Morgan fingerprint density at radius 2 is 2.00 bits per heavy atom. The highest BCUT2D eigenvalue weighted by Gasteiger charge is 2.26. The molecule has 1 aliphatic rings. The van der Waals surface area contributed by atoms with E-state index in [4.69, 9.17) is 15.2 Å². The molecule has 1 aromatic rings. The molecule has 1 amide bonds. The van der Waals surface area contributed by atoms with Crippen LogP contribution >= 0.6 is 12.4 Å². The van der Waals surface area contributed by atoms with Gasteiger partial charge in [-0.1, -0.05) is 12.5 Å². The standard InChI is InChI=1S/C19H30N2O3.ClH/c1-12(2)24-17-9-8-14(10-18(17)23-4)13(3)21-19(22)11-15-6-5-7-16(15)20;/h8-10,12-13,15-16H,5-7,11,20H2,1-4H3,(H,21,22);1H/t13?,15-,16+;/m0./s1. The summed E-state index contributed by atoms with van der Waals surface area (Å²) >= 11 is 0. The Labute approximate surface area is 157 Å². The van der Waals surface area contributed by atoms with Crippen LogP contribution in [0.25, 0.3) is 0 Å². The number of rotatable bonds is 7. The monoisotopic (exact) mass is 370 g/mol. The molecule has 1 unspecified atom stereocenters. The summed E-state index contributed by atoms with van der Waals surface area (Å²) < 4.78 is 11.1. The minimum atomic E-state index is -0.0860. The molecule has 1 aromatic carbocycles. The van der Waals surface area contributed by atoms with Gasteiger partial charge >= 0.3 is 0 Å². The van der Waals surface area contributed by atoms with Crippen molar-refractivity contribution in [3.63, 3.8) is 0 Å². The number of ether oxygens (including phenoxy) is 2. The molecule has 1 fully saturated rings. The van der Waals surface area contributed by atoms with Crippen molar-refractivity contribution in [2.45, 2.75) is 64.6 Å². The molecule has 1 saturated carbocycles. The molecule has 0 saturated heterocycles. The quantitative estimate of drug-likeness (QED) is 0.769. The van der Waals surface area contributed by atoms with Crippen LogP contribution in [0.4, 0.5) is 0 Å². The van der Waals surface area contributed by atoms with Crippen LogP contribution in [-0.2, 0) is 4.79 Å². The molecule has 0 radical (unpaired) electrons. The van der Waals surface area contributed by atoms with Crippen molar-refractivity contribution in [3.05, 3.63) is 23.8 Å². The van der Waals surface area contributed by atoms with Crippen LogP contribution in [0.3, 0.4) is 0 Å². The average molecular weight is 371 g/mol. The van der Waals surface area contributed by atoms with Crippen LogP contribution in [0.15, 0.2) is 18.2 Å². The van der Waals surface area contributed by atoms with E-state index in [1.807, 2.05) is 39.0 Å². The Hall–Kier alpha value is -1.46. The smallest absolute Gasteiger partial charge is 0.220 e. The molecular formula is C19H31ClN2O3. The van der Waals surface area contributed by atoms with Gasteiger partial charge in [-0.15, -0.1) is 12.4 Å². The second-order valence-electron chi connectivity index (χ2n) is 6.93. The molecule has 3 N–H and O–H groups in total. The van der Waals surface area contributed by atoms with Crippen molar-refractivity contribution in [3.8, 4) is 11.5 Å². The fraction of sp³-hybridized carbons (Fsp3) is 0.632. The van der Waals surface area contributed by atoms with Crippen LogP contribution in [0.2, 0.25) is 0 Å². The van der Waals surface area contributed by atoms with Crippen molar-refractivity contribution in [1.29, 1.82) is 0 Å². The molecule has 142 valence electrons. The zero-order valence-corrected chi connectivity index (χ0v) is 16.4. The third kappa shape index (κ3) is 6.08. The molecular weight excluding hydrogens is 340 g/mol. The van der Waals surface area contributed by atoms with Crippen molar-refractivity contribution in [2.24, 2.45) is 11.7 Å². The second kappa shape index (κ2) is 9.88. The molecule has 1 aliphatic carbocycles. The number of nitrogens with two attached hydrogens (primary N) is 1. The first-order valence-corrected chi connectivity index (χ1v) is 8.80. The Bertz CT molecular complexity index is 566. The van der Waals surface area contributed by atoms with Gasteiger partial charge in [-0.25, -0.2) is 0 Å². The Morgan fingerprint density at radius 1 is 1.28 bits per heavy atom. The number of amides is 1. The fourth-order valence-corrected chi connectivity index (χ4v) is 3.25.